The molecular formula is C18H17N5OS. The lowest BCUT2D eigenvalue weighted by Gasteiger charge is -2.14. The summed E-state index contributed by atoms with van der Waals surface area (Å²) in [5.74, 6) is -1.37. The lowest BCUT2D eigenvalue weighted by Crippen LogP contribution is -2.33. The highest BCUT2D eigenvalue weighted by Gasteiger charge is 2.25. The number of thiocarbonyl (C=S) groups is 1. The Hall–Kier alpha value is -3.24. The van der Waals surface area contributed by atoms with Gasteiger partial charge in [-0.25, -0.2) is 0 Å². The molecule has 7 heteroatoms. The summed E-state index contributed by atoms with van der Waals surface area (Å²) >= 11 is 4.74. The molecule has 0 bridgehead atoms. The normalized spacial score (nSPS) is 11.9. The van der Waals surface area contributed by atoms with Crippen molar-refractivity contribution >= 4 is 34.6 Å². The molecule has 1 amide bonds. The predicted octanol–water partition coefficient (Wildman–Crippen LogP) is 2.43. The minimum Gasteiger partial charge on any atom is -0.375 e. The van der Waals surface area contributed by atoms with E-state index < -0.39 is 11.8 Å². The number of aryl methyl sites for hydroxylation is 1. The van der Waals surface area contributed by atoms with Crippen molar-refractivity contribution in [2.24, 2.45) is 10.8 Å². The number of hydrazone groups is 1. The molecular weight excluding hydrogens is 334 g/mol. The van der Waals surface area contributed by atoms with E-state index in [1.807, 2.05) is 31.2 Å². The van der Waals surface area contributed by atoms with Crippen LogP contribution in [0.3, 0.4) is 0 Å². The van der Waals surface area contributed by atoms with Gasteiger partial charge in [0.05, 0.1) is 6.07 Å². The van der Waals surface area contributed by atoms with Crippen LogP contribution in [0.2, 0.25) is 0 Å². The number of rotatable bonds is 5. The molecule has 2 rings (SSSR count). The summed E-state index contributed by atoms with van der Waals surface area (Å²) in [5, 5.41) is 16.2. The third-order valence-corrected chi connectivity index (χ3v) is 3.54. The third-order valence-electron chi connectivity index (χ3n) is 3.45. The van der Waals surface area contributed by atoms with Crippen molar-refractivity contribution in [3.63, 3.8) is 0 Å². The van der Waals surface area contributed by atoms with E-state index in [0.29, 0.717) is 11.3 Å². The number of carbonyl (C=O) groups is 1. The molecule has 0 radical (unpaired) electrons. The molecule has 6 nitrogen and oxygen atoms in total. The van der Waals surface area contributed by atoms with Crippen molar-refractivity contribution in [1.82, 2.24) is 5.43 Å². The van der Waals surface area contributed by atoms with Crippen LogP contribution >= 0.6 is 12.2 Å². The van der Waals surface area contributed by atoms with Crippen LogP contribution in [0.1, 0.15) is 17.0 Å². The molecule has 2 aromatic rings. The second kappa shape index (κ2) is 8.57. The maximum Gasteiger partial charge on any atom is 0.273 e. The Balaban J connectivity index is 2.37. The van der Waals surface area contributed by atoms with E-state index in [1.165, 1.54) is 0 Å². The second-order valence-corrected chi connectivity index (χ2v) is 5.65. The molecule has 126 valence electrons. The minimum atomic E-state index is -0.868. The van der Waals surface area contributed by atoms with Gasteiger partial charge in [0.1, 0.15) is 11.6 Å². The number of nitrogens with one attached hydrogen (secondary N) is 2. The number of nitrogens with two attached hydrogens (primary N) is 1. The van der Waals surface area contributed by atoms with Gasteiger partial charge in [-0.1, -0.05) is 48.5 Å². The van der Waals surface area contributed by atoms with Crippen molar-refractivity contribution in [1.29, 1.82) is 5.26 Å². The Kier molecular flexibility index (Phi) is 6.20. The smallest absolute Gasteiger partial charge is 0.273 e. The minimum absolute atomic E-state index is 0.0234. The van der Waals surface area contributed by atoms with Crippen LogP contribution in [0, 0.1) is 18.3 Å². The van der Waals surface area contributed by atoms with E-state index in [1.54, 1.807) is 30.3 Å². The molecule has 0 aliphatic carbocycles. The van der Waals surface area contributed by atoms with Crippen molar-refractivity contribution in [2.45, 2.75) is 12.8 Å². The van der Waals surface area contributed by atoms with Gasteiger partial charge in [0.15, 0.2) is 5.11 Å². The molecule has 0 aromatic heterocycles. The number of nitriles is 1. The van der Waals surface area contributed by atoms with E-state index in [2.05, 4.69) is 21.9 Å². The van der Waals surface area contributed by atoms with Crippen LogP contribution in [0.4, 0.5) is 5.69 Å². The van der Waals surface area contributed by atoms with E-state index in [9.17, 15) is 10.1 Å². The van der Waals surface area contributed by atoms with Crippen molar-refractivity contribution in [3.05, 3.63) is 65.7 Å². The topological polar surface area (TPSA) is 103 Å². The van der Waals surface area contributed by atoms with Gasteiger partial charge < -0.3 is 11.1 Å². The first-order valence-electron chi connectivity index (χ1n) is 7.47. The molecule has 0 spiro atoms. The first-order valence-corrected chi connectivity index (χ1v) is 7.88. The summed E-state index contributed by atoms with van der Waals surface area (Å²) in [6.07, 6.45) is 0. The van der Waals surface area contributed by atoms with Gasteiger partial charge in [-0.3, -0.25) is 10.2 Å². The highest BCUT2D eigenvalue weighted by molar-refractivity contribution is 7.80. The standard InChI is InChI=1S/C18H17N5OS/c1-12-7-5-6-10-15(12)21-17(24)16(22-23-18(20)25)14(11-19)13-8-3-2-4-9-13/h2-10,14H,1H3,(H,21,24)(H3,20,23,25)/b22-16-/t14-/m0/s1. The molecule has 0 saturated carbocycles. The van der Waals surface area contributed by atoms with Crippen LogP contribution in [0.5, 0.6) is 0 Å². The first kappa shape index (κ1) is 18.1. The number of hydrogen-bond donors (Lipinski definition) is 3. The second-order valence-electron chi connectivity index (χ2n) is 5.21. The molecule has 0 saturated heterocycles. The summed E-state index contributed by atoms with van der Waals surface area (Å²) in [7, 11) is 0. The fourth-order valence-electron chi connectivity index (χ4n) is 2.20. The number of anilines is 1. The average molecular weight is 351 g/mol. The largest absolute Gasteiger partial charge is 0.375 e. The zero-order valence-electron chi connectivity index (χ0n) is 13.6. The van der Waals surface area contributed by atoms with E-state index in [0.717, 1.165) is 5.56 Å². The van der Waals surface area contributed by atoms with Crippen LogP contribution in [0.25, 0.3) is 0 Å². The summed E-state index contributed by atoms with van der Waals surface area (Å²) < 4.78 is 0. The summed E-state index contributed by atoms with van der Waals surface area (Å²) in [5.41, 5.74) is 9.95. The molecule has 1 atom stereocenters. The molecule has 0 aliphatic rings. The van der Waals surface area contributed by atoms with Crippen LogP contribution in [0.15, 0.2) is 59.7 Å². The number of para-hydroxylation sites is 1. The quantitative estimate of drug-likeness (QED) is 0.436. The van der Waals surface area contributed by atoms with Crippen molar-refractivity contribution in [2.75, 3.05) is 5.32 Å². The van der Waals surface area contributed by atoms with E-state index in [-0.39, 0.29) is 10.8 Å². The van der Waals surface area contributed by atoms with Crippen LogP contribution in [-0.2, 0) is 4.79 Å². The zero-order valence-corrected chi connectivity index (χ0v) is 14.4. The van der Waals surface area contributed by atoms with Gasteiger partial charge in [-0.15, -0.1) is 0 Å². The highest BCUT2D eigenvalue weighted by Crippen LogP contribution is 2.19. The lowest BCUT2D eigenvalue weighted by atomic mass is 9.95. The Morgan fingerprint density at radius 1 is 1.20 bits per heavy atom. The van der Waals surface area contributed by atoms with Gasteiger partial charge in [0, 0.05) is 5.69 Å². The Labute approximate surface area is 151 Å². The molecule has 0 aliphatic heterocycles. The lowest BCUT2D eigenvalue weighted by molar-refractivity contribution is -0.110. The summed E-state index contributed by atoms with van der Waals surface area (Å²) in [6.45, 7) is 1.87. The molecule has 4 N–H and O–H groups in total. The number of hydrogen-bond acceptors (Lipinski definition) is 4. The Bertz CT molecular complexity index is 842. The first-order chi connectivity index (χ1) is 12.0. The van der Waals surface area contributed by atoms with Crippen LogP contribution < -0.4 is 16.5 Å². The van der Waals surface area contributed by atoms with Crippen LogP contribution in [-0.4, -0.2) is 16.7 Å². The summed E-state index contributed by atoms with van der Waals surface area (Å²) in [4.78, 5) is 12.7. The maximum absolute atomic E-state index is 12.7. The van der Waals surface area contributed by atoms with Gasteiger partial charge in [-0.05, 0) is 36.3 Å². The Morgan fingerprint density at radius 2 is 1.84 bits per heavy atom. The average Bonchev–Trinajstić information content (AvgIpc) is 2.61. The number of amides is 1. The Morgan fingerprint density at radius 3 is 2.44 bits per heavy atom. The monoisotopic (exact) mass is 351 g/mol. The van der Waals surface area contributed by atoms with Gasteiger partial charge >= 0.3 is 0 Å². The van der Waals surface area contributed by atoms with E-state index >= 15 is 0 Å². The summed E-state index contributed by atoms with van der Waals surface area (Å²) in [6, 6.07) is 18.4. The molecule has 0 fully saturated rings. The molecule has 25 heavy (non-hydrogen) atoms. The number of carbonyl (C=O) groups excluding carboxylic acids is 1. The predicted molar refractivity (Wildman–Crippen MR) is 102 cm³/mol. The zero-order chi connectivity index (χ0) is 18.2. The van der Waals surface area contributed by atoms with E-state index in [4.69, 9.17) is 18.0 Å². The maximum atomic E-state index is 12.7. The van der Waals surface area contributed by atoms with Crippen molar-refractivity contribution in [3.8, 4) is 6.07 Å². The van der Waals surface area contributed by atoms with Gasteiger partial charge in [-0.2, -0.15) is 10.4 Å². The number of nitrogens with zero attached hydrogens (tertiary/aromatic N) is 2. The molecule has 2 aromatic carbocycles. The van der Waals surface area contributed by atoms with Gasteiger partial charge in [0.25, 0.3) is 5.91 Å². The SMILES string of the molecule is Cc1ccccc1NC(=O)/C(=N\NC(N)=S)[C@@H](C#N)c1ccccc1. The fourth-order valence-corrected chi connectivity index (χ4v) is 2.25. The highest BCUT2D eigenvalue weighted by atomic mass is 32.1. The van der Waals surface area contributed by atoms with Crippen molar-refractivity contribution < 1.29 is 4.79 Å². The molecule has 0 unspecified atom stereocenters. The fraction of sp³-hybridized carbons (Fsp3) is 0.111. The van der Waals surface area contributed by atoms with Gasteiger partial charge in [0.2, 0.25) is 0 Å². The number of benzene rings is 2. The third kappa shape index (κ3) is 4.86. The molecule has 0 heterocycles.